The number of carbonyl (C=O) groups excluding carboxylic acids is 1. The summed E-state index contributed by atoms with van der Waals surface area (Å²) in [7, 11) is 1.98. The smallest absolute Gasteiger partial charge is 0.242 e. The van der Waals surface area contributed by atoms with E-state index < -0.39 is 0 Å². The lowest BCUT2D eigenvalue weighted by Crippen LogP contribution is -2.31. The third-order valence-electron chi connectivity index (χ3n) is 3.98. The molecule has 10 heteroatoms. The Balaban J connectivity index is 1.56. The molecule has 1 N–H and O–H groups in total. The maximum Gasteiger partial charge on any atom is 0.242 e. The van der Waals surface area contributed by atoms with Gasteiger partial charge in [-0.1, -0.05) is 6.07 Å². The number of aromatic nitrogens is 6. The van der Waals surface area contributed by atoms with Crippen LogP contribution in [0.2, 0.25) is 0 Å². The van der Waals surface area contributed by atoms with Gasteiger partial charge in [0.25, 0.3) is 0 Å². The summed E-state index contributed by atoms with van der Waals surface area (Å²) in [5.41, 5.74) is 2.25. The number of hydrogen-bond acceptors (Lipinski definition) is 8. The van der Waals surface area contributed by atoms with Crippen LogP contribution in [0, 0.1) is 0 Å². The minimum atomic E-state index is -0.167. The Labute approximate surface area is 144 Å². The van der Waals surface area contributed by atoms with Crippen molar-refractivity contribution in [2.75, 3.05) is 7.05 Å². The molecule has 0 aliphatic rings. The number of carbonyl (C=O) groups is 1. The Morgan fingerprint density at radius 3 is 2.92 bits per heavy atom. The van der Waals surface area contributed by atoms with Crippen LogP contribution >= 0.6 is 0 Å². The van der Waals surface area contributed by atoms with Gasteiger partial charge < -0.3 is 5.32 Å². The van der Waals surface area contributed by atoms with E-state index in [1.165, 1.54) is 4.68 Å². The molecule has 2 heterocycles. The lowest BCUT2D eigenvalue weighted by atomic mass is 10.2. The normalized spacial score (nSPS) is 11.6. The molecule has 0 saturated carbocycles. The summed E-state index contributed by atoms with van der Waals surface area (Å²) in [4.78, 5) is 14.3. The second kappa shape index (κ2) is 7.34. The van der Waals surface area contributed by atoms with E-state index >= 15 is 0 Å². The molecule has 3 aromatic rings. The van der Waals surface area contributed by atoms with Crippen molar-refractivity contribution in [1.29, 1.82) is 0 Å². The van der Waals surface area contributed by atoms with Crippen LogP contribution in [-0.2, 0) is 24.4 Å². The van der Waals surface area contributed by atoms with E-state index in [2.05, 4.69) is 54.5 Å². The molecule has 0 radical (unpaired) electrons. The Hall–Kier alpha value is -2.88. The molecule has 1 amide bonds. The van der Waals surface area contributed by atoms with Gasteiger partial charge in [-0.15, -0.1) is 5.10 Å². The molecule has 0 bridgehead atoms. The van der Waals surface area contributed by atoms with Crippen LogP contribution in [0.15, 0.2) is 22.8 Å². The van der Waals surface area contributed by atoms with Gasteiger partial charge in [0.15, 0.2) is 5.82 Å². The highest BCUT2D eigenvalue weighted by atomic mass is 16.6. The van der Waals surface area contributed by atoms with E-state index in [9.17, 15) is 4.79 Å². The maximum atomic E-state index is 12.2. The van der Waals surface area contributed by atoms with Gasteiger partial charge in [-0.2, -0.15) is 0 Å². The number of benzene rings is 1. The first-order valence-corrected chi connectivity index (χ1v) is 7.96. The van der Waals surface area contributed by atoms with E-state index in [4.69, 9.17) is 0 Å². The van der Waals surface area contributed by atoms with Crippen molar-refractivity contribution in [2.24, 2.45) is 0 Å². The highest BCUT2D eigenvalue weighted by Gasteiger charge is 2.14. The van der Waals surface area contributed by atoms with Crippen molar-refractivity contribution < 1.29 is 9.42 Å². The zero-order chi connectivity index (χ0) is 17.8. The third-order valence-corrected chi connectivity index (χ3v) is 3.98. The SMILES string of the molecule is CC(C)N(C)Cc1nnnn1CC(=O)NCc1ccc2nonc2c1. The van der Waals surface area contributed by atoms with Gasteiger partial charge in [0.05, 0.1) is 6.54 Å². The van der Waals surface area contributed by atoms with Crippen LogP contribution < -0.4 is 5.32 Å². The minimum Gasteiger partial charge on any atom is -0.350 e. The summed E-state index contributed by atoms with van der Waals surface area (Å²) in [5, 5.41) is 21.9. The van der Waals surface area contributed by atoms with Gasteiger partial charge in [0, 0.05) is 12.6 Å². The highest BCUT2D eigenvalue weighted by Crippen LogP contribution is 2.11. The second-order valence-electron chi connectivity index (χ2n) is 6.13. The molecule has 25 heavy (non-hydrogen) atoms. The van der Waals surface area contributed by atoms with E-state index in [1.807, 2.05) is 19.2 Å². The van der Waals surface area contributed by atoms with Gasteiger partial charge in [-0.3, -0.25) is 9.69 Å². The Bertz CT molecular complexity index is 856. The van der Waals surface area contributed by atoms with Gasteiger partial charge in [0.2, 0.25) is 5.91 Å². The minimum absolute atomic E-state index is 0.0715. The zero-order valence-corrected chi connectivity index (χ0v) is 14.4. The maximum absolute atomic E-state index is 12.2. The fourth-order valence-corrected chi connectivity index (χ4v) is 2.20. The van der Waals surface area contributed by atoms with E-state index in [1.54, 1.807) is 6.07 Å². The number of nitrogens with zero attached hydrogens (tertiary/aromatic N) is 7. The van der Waals surface area contributed by atoms with E-state index in [-0.39, 0.29) is 12.5 Å². The van der Waals surface area contributed by atoms with E-state index in [0.717, 1.165) is 5.56 Å². The first-order chi connectivity index (χ1) is 12.0. The van der Waals surface area contributed by atoms with Gasteiger partial charge in [0.1, 0.15) is 17.6 Å². The molecule has 2 aromatic heterocycles. The second-order valence-corrected chi connectivity index (χ2v) is 6.13. The molecule has 0 spiro atoms. The van der Waals surface area contributed by atoms with Crippen LogP contribution in [0.5, 0.6) is 0 Å². The molecule has 0 atom stereocenters. The molecule has 10 nitrogen and oxygen atoms in total. The quantitative estimate of drug-likeness (QED) is 0.653. The average Bonchev–Trinajstić information content (AvgIpc) is 3.21. The average molecular weight is 344 g/mol. The fourth-order valence-electron chi connectivity index (χ4n) is 2.20. The molecule has 0 unspecified atom stereocenters. The summed E-state index contributed by atoms with van der Waals surface area (Å²) in [6.45, 7) is 5.20. The monoisotopic (exact) mass is 344 g/mol. The molecule has 3 rings (SSSR count). The fraction of sp³-hybridized carbons (Fsp3) is 0.467. The topological polar surface area (TPSA) is 115 Å². The number of amides is 1. The van der Waals surface area contributed by atoms with Crippen molar-refractivity contribution in [3.8, 4) is 0 Å². The zero-order valence-electron chi connectivity index (χ0n) is 14.4. The standard InChI is InChI=1S/C15H20N8O2/c1-10(2)22(3)8-14-17-20-21-23(14)9-15(24)16-7-11-4-5-12-13(6-11)19-25-18-12/h4-6,10H,7-9H2,1-3H3,(H,16,24). The van der Waals surface area contributed by atoms with Gasteiger partial charge >= 0.3 is 0 Å². The van der Waals surface area contributed by atoms with Gasteiger partial charge in [-0.05, 0) is 59.3 Å². The molecular weight excluding hydrogens is 324 g/mol. The van der Waals surface area contributed by atoms with E-state index in [0.29, 0.717) is 36.0 Å². The van der Waals surface area contributed by atoms with Crippen LogP contribution in [0.3, 0.4) is 0 Å². The Morgan fingerprint density at radius 1 is 1.32 bits per heavy atom. The molecule has 0 aliphatic heterocycles. The van der Waals surface area contributed by atoms with Crippen molar-refractivity contribution in [2.45, 2.75) is 39.5 Å². The first kappa shape index (κ1) is 17.0. The van der Waals surface area contributed by atoms with Crippen molar-refractivity contribution in [3.05, 3.63) is 29.6 Å². The molecule has 0 fully saturated rings. The summed E-state index contributed by atoms with van der Waals surface area (Å²) in [5.74, 6) is 0.487. The summed E-state index contributed by atoms with van der Waals surface area (Å²) >= 11 is 0. The number of fused-ring (bicyclic) bond motifs is 1. The molecule has 0 aliphatic carbocycles. The van der Waals surface area contributed by atoms with Crippen LogP contribution in [0.1, 0.15) is 25.2 Å². The van der Waals surface area contributed by atoms with Crippen LogP contribution in [0.25, 0.3) is 11.0 Å². The molecule has 1 aromatic carbocycles. The Kier molecular flexibility index (Phi) is 4.98. The van der Waals surface area contributed by atoms with Crippen molar-refractivity contribution in [1.82, 2.24) is 40.7 Å². The lowest BCUT2D eigenvalue weighted by Gasteiger charge is -2.19. The van der Waals surface area contributed by atoms with Crippen molar-refractivity contribution in [3.63, 3.8) is 0 Å². The third kappa shape index (κ3) is 4.15. The molecule has 0 saturated heterocycles. The molecule has 132 valence electrons. The number of nitrogens with one attached hydrogen (secondary N) is 1. The van der Waals surface area contributed by atoms with Gasteiger partial charge in [-0.25, -0.2) is 9.31 Å². The largest absolute Gasteiger partial charge is 0.350 e. The highest BCUT2D eigenvalue weighted by molar-refractivity contribution is 5.76. The summed E-state index contributed by atoms with van der Waals surface area (Å²) in [6, 6.07) is 5.85. The van der Waals surface area contributed by atoms with Crippen LogP contribution in [0.4, 0.5) is 0 Å². The molecular formula is C15H20N8O2. The number of tetrazole rings is 1. The first-order valence-electron chi connectivity index (χ1n) is 7.96. The van der Waals surface area contributed by atoms with Crippen LogP contribution in [-0.4, -0.2) is 54.4 Å². The van der Waals surface area contributed by atoms with Crippen molar-refractivity contribution >= 4 is 16.9 Å². The predicted molar refractivity (Wildman–Crippen MR) is 88.1 cm³/mol. The lowest BCUT2D eigenvalue weighted by molar-refractivity contribution is -0.122. The number of hydrogen-bond donors (Lipinski definition) is 1. The number of rotatable bonds is 7. The Morgan fingerprint density at radius 2 is 2.12 bits per heavy atom. The summed E-state index contributed by atoms with van der Waals surface area (Å²) < 4.78 is 6.17. The summed E-state index contributed by atoms with van der Waals surface area (Å²) in [6.07, 6.45) is 0. The predicted octanol–water partition coefficient (Wildman–Crippen LogP) is 0.366.